The average molecular weight is 515 g/mol. The third-order valence-electron chi connectivity index (χ3n) is 6.44. The summed E-state index contributed by atoms with van der Waals surface area (Å²) in [7, 11) is 1.65. The SMILES string of the molecule is COCCCc1ccc(CCc2ccc3c(F)c(CCc4cc(F)c(Cl)c(F)c4)ccc3c2)c(F)c1. The minimum atomic E-state index is -0.823. The lowest BCUT2D eigenvalue weighted by Gasteiger charge is -2.10. The van der Waals surface area contributed by atoms with Crippen molar-refractivity contribution in [3.63, 3.8) is 0 Å². The van der Waals surface area contributed by atoms with Crippen LogP contribution in [0.5, 0.6) is 0 Å². The highest BCUT2D eigenvalue weighted by atomic mass is 35.5. The Labute approximate surface area is 213 Å². The molecule has 0 aliphatic rings. The lowest BCUT2D eigenvalue weighted by Crippen LogP contribution is -1.99. The smallest absolute Gasteiger partial charge is 0.145 e. The van der Waals surface area contributed by atoms with E-state index in [-0.39, 0.29) is 18.1 Å². The first-order chi connectivity index (χ1) is 17.4. The van der Waals surface area contributed by atoms with E-state index in [2.05, 4.69) is 0 Å². The number of rotatable bonds is 10. The maximum absolute atomic E-state index is 15.2. The molecule has 4 aromatic rings. The molecule has 36 heavy (non-hydrogen) atoms. The molecular formula is C30H27ClF4O. The van der Waals surface area contributed by atoms with Gasteiger partial charge in [0, 0.05) is 19.1 Å². The summed E-state index contributed by atoms with van der Waals surface area (Å²) in [5.74, 6) is -2.20. The summed E-state index contributed by atoms with van der Waals surface area (Å²) >= 11 is 5.53. The highest BCUT2D eigenvalue weighted by Gasteiger charge is 2.12. The molecule has 6 heteroatoms. The van der Waals surface area contributed by atoms with Crippen LogP contribution in [0.25, 0.3) is 10.8 Å². The van der Waals surface area contributed by atoms with Crippen LogP contribution in [0.4, 0.5) is 17.6 Å². The van der Waals surface area contributed by atoms with Gasteiger partial charge in [0.15, 0.2) is 0 Å². The van der Waals surface area contributed by atoms with Crippen LogP contribution in [0.15, 0.2) is 60.7 Å². The lowest BCUT2D eigenvalue weighted by molar-refractivity contribution is 0.195. The van der Waals surface area contributed by atoms with E-state index in [1.54, 1.807) is 25.3 Å². The monoisotopic (exact) mass is 514 g/mol. The van der Waals surface area contributed by atoms with E-state index in [0.717, 1.165) is 29.4 Å². The molecule has 0 unspecified atom stereocenters. The van der Waals surface area contributed by atoms with Crippen LogP contribution >= 0.6 is 11.6 Å². The summed E-state index contributed by atoms with van der Waals surface area (Å²) < 4.78 is 62.1. The Hall–Kier alpha value is -2.89. The molecule has 4 aromatic carbocycles. The molecule has 4 rings (SSSR count). The second kappa shape index (κ2) is 11.9. The summed E-state index contributed by atoms with van der Waals surface area (Å²) in [5, 5.41) is 0.701. The van der Waals surface area contributed by atoms with Crippen molar-refractivity contribution in [1.29, 1.82) is 0 Å². The van der Waals surface area contributed by atoms with Crippen LogP contribution in [-0.2, 0) is 36.8 Å². The van der Waals surface area contributed by atoms with Gasteiger partial charge in [-0.2, -0.15) is 0 Å². The number of fused-ring (bicyclic) bond motifs is 1. The maximum Gasteiger partial charge on any atom is 0.145 e. The molecule has 1 nitrogen and oxygen atoms in total. The van der Waals surface area contributed by atoms with Crippen LogP contribution in [-0.4, -0.2) is 13.7 Å². The first kappa shape index (κ1) is 26.2. The van der Waals surface area contributed by atoms with Crippen molar-refractivity contribution in [3.8, 4) is 0 Å². The van der Waals surface area contributed by atoms with Gasteiger partial charge in [-0.15, -0.1) is 0 Å². The molecule has 0 N–H and O–H groups in total. The van der Waals surface area contributed by atoms with Gasteiger partial charge in [0.1, 0.15) is 28.3 Å². The molecule has 0 saturated carbocycles. The molecule has 0 amide bonds. The minimum absolute atomic E-state index is 0.207. The number of benzene rings is 4. The zero-order valence-corrected chi connectivity index (χ0v) is 20.8. The second-order valence-corrected chi connectivity index (χ2v) is 9.37. The molecule has 0 fully saturated rings. The zero-order chi connectivity index (χ0) is 25.7. The van der Waals surface area contributed by atoms with E-state index in [1.807, 2.05) is 30.3 Å². The predicted molar refractivity (Wildman–Crippen MR) is 137 cm³/mol. The fourth-order valence-electron chi connectivity index (χ4n) is 4.42. The van der Waals surface area contributed by atoms with Crippen LogP contribution in [0.1, 0.15) is 34.2 Å². The summed E-state index contributed by atoms with van der Waals surface area (Å²) in [6.07, 6.45) is 3.38. The number of methoxy groups -OCH3 is 1. The number of halogens is 5. The predicted octanol–water partition coefficient (Wildman–Crippen LogP) is 8.20. The van der Waals surface area contributed by atoms with Crippen molar-refractivity contribution in [3.05, 3.63) is 117 Å². The number of ether oxygens (including phenoxy) is 1. The van der Waals surface area contributed by atoms with Gasteiger partial charge in [-0.1, -0.05) is 54.1 Å². The van der Waals surface area contributed by atoms with Crippen LogP contribution in [0.2, 0.25) is 5.02 Å². The Bertz CT molecular complexity index is 1350. The van der Waals surface area contributed by atoms with Crippen LogP contribution in [0.3, 0.4) is 0 Å². The van der Waals surface area contributed by atoms with Gasteiger partial charge in [0.05, 0.1) is 0 Å². The van der Waals surface area contributed by atoms with E-state index in [1.165, 1.54) is 12.1 Å². The standard InChI is InChI=1S/C30H27ClF4O/c1-36-14-2-3-19-4-8-22(26(32)16-19)9-5-20-7-13-25-24(15-20)12-11-23(30(25)35)10-6-21-17-27(33)29(31)28(34)18-21/h4,7-8,11-13,15-18H,2-3,5-6,9-10,14H2,1H3. The summed E-state index contributed by atoms with van der Waals surface area (Å²) in [5.41, 5.74) is 3.49. The summed E-state index contributed by atoms with van der Waals surface area (Å²) in [6, 6.07) is 16.8. The average Bonchev–Trinajstić information content (AvgIpc) is 2.86. The number of hydrogen-bond acceptors (Lipinski definition) is 1. The zero-order valence-electron chi connectivity index (χ0n) is 20.0. The van der Waals surface area contributed by atoms with E-state index in [0.29, 0.717) is 47.9 Å². The second-order valence-electron chi connectivity index (χ2n) is 8.99. The van der Waals surface area contributed by atoms with Gasteiger partial charge in [0.25, 0.3) is 0 Å². The van der Waals surface area contributed by atoms with Gasteiger partial charge >= 0.3 is 0 Å². The molecule has 0 aliphatic heterocycles. The molecule has 0 aliphatic carbocycles. The molecule has 0 bridgehead atoms. The first-order valence-electron chi connectivity index (χ1n) is 12.0. The largest absolute Gasteiger partial charge is 0.385 e. The molecule has 0 saturated heterocycles. The van der Waals surface area contributed by atoms with E-state index in [9.17, 15) is 13.2 Å². The van der Waals surface area contributed by atoms with Crippen molar-refractivity contribution < 1.29 is 22.3 Å². The van der Waals surface area contributed by atoms with Crippen molar-refractivity contribution >= 4 is 22.4 Å². The summed E-state index contributed by atoms with van der Waals surface area (Å²) in [4.78, 5) is 0. The van der Waals surface area contributed by atoms with Gasteiger partial charge in [-0.25, -0.2) is 17.6 Å². The van der Waals surface area contributed by atoms with Crippen molar-refractivity contribution in [2.75, 3.05) is 13.7 Å². The van der Waals surface area contributed by atoms with E-state index in [4.69, 9.17) is 16.3 Å². The Morgan fingerprint density at radius 2 is 1.25 bits per heavy atom. The first-order valence-corrected chi connectivity index (χ1v) is 12.3. The normalized spacial score (nSPS) is 11.4. The fourth-order valence-corrected chi connectivity index (χ4v) is 4.52. The van der Waals surface area contributed by atoms with Crippen LogP contribution < -0.4 is 0 Å². The topological polar surface area (TPSA) is 9.23 Å². The highest BCUT2D eigenvalue weighted by molar-refractivity contribution is 6.30. The quantitative estimate of drug-likeness (QED) is 0.118. The third kappa shape index (κ3) is 6.26. The Morgan fingerprint density at radius 1 is 0.639 bits per heavy atom. The molecule has 0 radical (unpaired) electrons. The van der Waals surface area contributed by atoms with Gasteiger partial charge < -0.3 is 4.74 Å². The molecule has 0 aromatic heterocycles. The molecule has 0 heterocycles. The Kier molecular flexibility index (Phi) is 8.65. The lowest BCUT2D eigenvalue weighted by atomic mass is 9.97. The molecule has 188 valence electrons. The van der Waals surface area contributed by atoms with Gasteiger partial charge in [0.2, 0.25) is 0 Å². The fraction of sp³-hybridized carbons (Fsp3) is 0.267. The maximum atomic E-state index is 15.2. The molecule has 0 atom stereocenters. The van der Waals surface area contributed by atoms with Crippen molar-refractivity contribution in [1.82, 2.24) is 0 Å². The summed E-state index contributed by atoms with van der Waals surface area (Å²) in [6.45, 7) is 0.649. The molecular weight excluding hydrogens is 488 g/mol. The molecule has 0 spiro atoms. The number of hydrogen-bond donors (Lipinski definition) is 0. The highest BCUT2D eigenvalue weighted by Crippen LogP contribution is 2.26. The number of aryl methyl sites for hydroxylation is 5. The van der Waals surface area contributed by atoms with Crippen molar-refractivity contribution in [2.24, 2.45) is 0 Å². The Morgan fingerprint density at radius 3 is 1.97 bits per heavy atom. The van der Waals surface area contributed by atoms with Crippen molar-refractivity contribution in [2.45, 2.75) is 38.5 Å². The Balaban J connectivity index is 1.42. The van der Waals surface area contributed by atoms with Gasteiger partial charge in [-0.3, -0.25) is 0 Å². The van der Waals surface area contributed by atoms with Crippen LogP contribution in [0, 0.1) is 23.3 Å². The van der Waals surface area contributed by atoms with E-state index < -0.39 is 16.7 Å². The van der Waals surface area contributed by atoms with E-state index >= 15 is 4.39 Å². The minimum Gasteiger partial charge on any atom is -0.385 e. The third-order valence-corrected chi connectivity index (χ3v) is 6.80. The van der Waals surface area contributed by atoms with Gasteiger partial charge in [-0.05, 0) is 89.9 Å².